The highest BCUT2D eigenvalue weighted by atomic mass is 19.1. The average Bonchev–Trinajstić information content (AvgIpc) is 2.70. The van der Waals surface area contributed by atoms with E-state index in [2.05, 4.69) is 5.32 Å². The van der Waals surface area contributed by atoms with Crippen molar-refractivity contribution in [1.82, 2.24) is 5.32 Å². The van der Waals surface area contributed by atoms with Gasteiger partial charge >= 0.3 is 0 Å². The zero-order chi connectivity index (χ0) is 9.71. The van der Waals surface area contributed by atoms with Gasteiger partial charge < -0.3 is 5.32 Å². The highest BCUT2D eigenvalue weighted by Gasteiger charge is 2.35. The molecule has 2 aliphatic rings. The normalized spacial score (nSPS) is 28.1. The van der Waals surface area contributed by atoms with Crippen LogP contribution < -0.4 is 5.32 Å². The van der Waals surface area contributed by atoms with Crippen molar-refractivity contribution in [1.29, 1.82) is 0 Å². The molecule has 1 aromatic carbocycles. The summed E-state index contributed by atoms with van der Waals surface area (Å²) >= 11 is 0. The van der Waals surface area contributed by atoms with Gasteiger partial charge in [0.25, 0.3) is 0 Å². The topological polar surface area (TPSA) is 12.0 Å². The van der Waals surface area contributed by atoms with Crippen LogP contribution in [0.2, 0.25) is 0 Å². The Morgan fingerprint density at radius 1 is 1.43 bits per heavy atom. The summed E-state index contributed by atoms with van der Waals surface area (Å²) in [5.41, 5.74) is 3.92. The van der Waals surface area contributed by atoms with E-state index in [1.165, 1.54) is 23.1 Å². The van der Waals surface area contributed by atoms with Crippen molar-refractivity contribution >= 4 is 0 Å². The van der Waals surface area contributed by atoms with Crippen molar-refractivity contribution in [3.05, 3.63) is 34.6 Å². The number of hydrogen-bond acceptors (Lipinski definition) is 1. The molecule has 0 radical (unpaired) electrons. The van der Waals surface area contributed by atoms with E-state index >= 15 is 0 Å². The monoisotopic (exact) mass is 191 g/mol. The molecule has 0 fully saturated rings. The van der Waals surface area contributed by atoms with E-state index in [1.807, 2.05) is 7.05 Å². The molecular formula is C12H14FN. The maximum atomic E-state index is 13.3. The van der Waals surface area contributed by atoms with Crippen LogP contribution in [-0.2, 0) is 6.42 Å². The molecule has 0 heterocycles. The number of benzene rings is 1. The fourth-order valence-corrected chi connectivity index (χ4v) is 3.09. The number of aryl methyl sites for hydroxylation is 1. The molecule has 0 amide bonds. The molecule has 0 aliphatic heterocycles. The molecule has 14 heavy (non-hydrogen) atoms. The summed E-state index contributed by atoms with van der Waals surface area (Å²) < 4.78 is 13.3. The predicted molar refractivity (Wildman–Crippen MR) is 53.9 cm³/mol. The van der Waals surface area contributed by atoms with Gasteiger partial charge in [-0.3, -0.25) is 0 Å². The highest BCUT2D eigenvalue weighted by Crippen LogP contribution is 2.48. The molecule has 0 aromatic heterocycles. The molecule has 2 atom stereocenters. The molecule has 0 bridgehead atoms. The van der Waals surface area contributed by atoms with Crippen molar-refractivity contribution in [3.63, 3.8) is 0 Å². The minimum Gasteiger partial charge on any atom is -0.313 e. The van der Waals surface area contributed by atoms with Crippen molar-refractivity contribution in [2.45, 2.75) is 31.2 Å². The first-order valence-corrected chi connectivity index (χ1v) is 5.29. The van der Waals surface area contributed by atoms with Gasteiger partial charge in [0, 0.05) is 6.04 Å². The summed E-state index contributed by atoms with van der Waals surface area (Å²) in [6.45, 7) is 0. The lowest BCUT2D eigenvalue weighted by Crippen LogP contribution is -2.14. The second kappa shape index (κ2) is 2.80. The molecule has 0 spiro atoms. The molecule has 1 N–H and O–H groups in total. The van der Waals surface area contributed by atoms with Gasteiger partial charge in [-0.25, -0.2) is 4.39 Å². The van der Waals surface area contributed by atoms with Crippen LogP contribution in [-0.4, -0.2) is 7.05 Å². The van der Waals surface area contributed by atoms with E-state index in [0.29, 0.717) is 12.0 Å². The van der Waals surface area contributed by atoms with E-state index < -0.39 is 0 Å². The van der Waals surface area contributed by atoms with Crippen LogP contribution in [0.5, 0.6) is 0 Å². The quantitative estimate of drug-likeness (QED) is 0.719. The van der Waals surface area contributed by atoms with E-state index in [-0.39, 0.29) is 5.82 Å². The summed E-state index contributed by atoms with van der Waals surface area (Å²) in [4.78, 5) is 0. The third-order valence-corrected chi connectivity index (χ3v) is 3.68. The van der Waals surface area contributed by atoms with Crippen molar-refractivity contribution < 1.29 is 4.39 Å². The van der Waals surface area contributed by atoms with Crippen LogP contribution in [0.1, 0.15) is 41.5 Å². The fraction of sp³-hybridized carbons (Fsp3) is 0.500. The minimum atomic E-state index is -0.0680. The summed E-state index contributed by atoms with van der Waals surface area (Å²) in [6, 6.07) is 3.81. The lowest BCUT2D eigenvalue weighted by atomic mass is 10.0. The zero-order valence-corrected chi connectivity index (χ0v) is 8.31. The molecule has 0 saturated carbocycles. The molecule has 0 saturated heterocycles. The van der Waals surface area contributed by atoms with Crippen molar-refractivity contribution in [2.75, 3.05) is 7.05 Å². The Labute approximate surface area is 83.3 Å². The molecule has 2 unspecified atom stereocenters. The third-order valence-electron chi connectivity index (χ3n) is 3.68. The Bertz CT molecular complexity index is 386. The van der Waals surface area contributed by atoms with Crippen molar-refractivity contribution in [2.24, 2.45) is 0 Å². The maximum Gasteiger partial charge on any atom is 0.123 e. The average molecular weight is 191 g/mol. The molecule has 2 aliphatic carbocycles. The lowest BCUT2D eigenvalue weighted by Gasteiger charge is -2.11. The van der Waals surface area contributed by atoms with Gasteiger partial charge in [0.15, 0.2) is 0 Å². The van der Waals surface area contributed by atoms with E-state index in [0.717, 1.165) is 12.8 Å². The van der Waals surface area contributed by atoms with E-state index in [1.54, 1.807) is 12.1 Å². The maximum absolute atomic E-state index is 13.3. The second-order valence-corrected chi connectivity index (χ2v) is 4.38. The van der Waals surface area contributed by atoms with Gasteiger partial charge in [-0.15, -0.1) is 0 Å². The Hall–Kier alpha value is -0.890. The Morgan fingerprint density at radius 3 is 3.07 bits per heavy atom. The van der Waals surface area contributed by atoms with Gasteiger partial charge in [-0.05, 0) is 61.1 Å². The number of hydrogen-bond donors (Lipinski definition) is 1. The van der Waals surface area contributed by atoms with E-state index in [4.69, 9.17) is 0 Å². The minimum absolute atomic E-state index is 0.0680. The van der Waals surface area contributed by atoms with Crippen LogP contribution >= 0.6 is 0 Å². The smallest absolute Gasteiger partial charge is 0.123 e. The van der Waals surface area contributed by atoms with Crippen LogP contribution in [0.3, 0.4) is 0 Å². The summed E-state index contributed by atoms with van der Waals surface area (Å²) in [5, 5.41) is 3.27. The second-order valence-electron chi connectivity index (χ2n) is 4.38. The standard InChI is InChI=1S/C12H14FN/c1-14-11-5-8-3-2-7-4-9(13)6-10(11)12(7)8/h4,6,8,11,14H,2-3,5H2,1H3. The number of halogens is 1. The molecular weight excluding hydrogens is 177 g/mol. The molecule has 1 nitrogen and oxygen atoms in total. The van der Waals surface area contributed by atoms with Gasteiger partial charge in [0.1, 0.15) is 5.82 Å². The van der Waals surface area contributed by atoms with Gasteiger partial charge in [-0.1, -0.05) is 0 Å². The molecule has 2 heteroatoms. The SMILES string of the molecule is CNC1CC2CCc3cc(F)cc1c32. The van der Waals surface area contributed by atoms with Crippen LogP contribution in [0.4, 0.5) is 4.39 Å². The Balaban J connectivity index is 2.20. The van der Waals surface area contributed by atoms with Gasteiger partial charge in [-0.2, -0.15) is 0 Å². The number of nitrogens with one attached hydrogen (secondary N) is 1. The van der Waals surface area contributed by atoms with Crippen molar-refractivity contribution in [3.8, 4) is 0 Å². The van der Waals surface area contributed by atoms with Crippen LogP contribution in [0.25, 0.3) is 0 Å². The van der Waals surface area contributed by atoms with Crippen LogP contribution in [0.15, 0.2) is 12.1 Å². The first kappa shape index (κ1) is 8.42. The largest absolute Gasteiger partial charge is 0.313 e. The summed E-state index contributed by atoms with van der Waals surface area (Å²) in [5.74, 6) is 0.625. The fourth-order valence-electron chi connectivity index (χ4n) is 3.09. The predicted octanol–water partition coefficient (Wildman–Crippen LogP) is 2.52. The number of rotatable bonds is 1. The third kappa shape index (κ3) is 0.976. The van der Waals surface area contributed by atoms with E-state index in [9.17, 15) is 4.39 Å². The van der Waals surface area contributed by atoms with Gasteiger partial charge in [0.2, 0.25) is 0 Å². The Morgan fingerprint density at radius 2 is 2.29 bits per heavy atom. The molecule has 3 rings (SSSR count). The first-order valence-electron chi connectivity index (χ1n) is 5.29. The first-order chi connectivity index (χ1) is 6.79. The summed E-state index contributed by atoms with van der Waals surface area (Å²) in [7, 11) is 1.96. The van der Waals surface area contributed by atoms with Crippen LogP contribution in [0, 0.1) is 5.82 Å². The summed E-state index contributed by atoms with van der Waals surface area (Å²) in [6.07, 6.45) is 3.44. The molecule has 74 valence electrons. The molecule has 1 aromatic rings. The lowest BCUT2D eigenvalue weighted by molar-refractivity contribution is 0.522. The highest BCUT2D eigenvalue weighted by molar-refractivity contribution is 5.47. The Kier molecular flexibility index (Phi) is 1.68. The van der Waals surface area contributed by atoms with Gasteiger partial charge in [0.05, 0.1) is 0 Å². The zero-order valence-electron chi connectivity index (χ0n) is 8.31.